The Morgan fingerprint density at radius 2 is 1.84 bits per heavy atom. The second kappa shape index (κ2) is 8.09. The Bertz CT molecular complexity index is 742. The molecule has 3 rings (SSSR count). The van der Waals surface area contributed by atoms with Crippen LogP contribution in [0.25, 0.3) is 0 Å². The Balaban J connectivity index is 1.61. The van der Waals surface area contributed by atoms with Crippen LogP contribution in [0.1, 0.15) is 36.5 Å². The van der Waals surface area contributed by atoms with Crippen molar-refractivity contribution < 1.29 is 19.4 Å². The number of carbonyl (C=O) groups is 1. The molecule has 0 unspecified atom stereocenters. The summed E-state index contributed by atoms with van der Waals surface area (Å²) in [5, 5.41) is 10.1. The summed E-state index contributed by atoms with van der Waals surface area (Å²) in [5.74, 6) is -0.180. The molecule has 2 aromatic carbocycles. The third-order valence-electron chi connectivity index (χ3n) is 3.88. The highest BCUT2D eigenvalue weighted by atomic mass is 35.5. The summed E-state index contributed by atoms with van der Waals surface area (Å²) in [6.07, 6.45) is 1.73. The van der Waals surface area contributed by atoms with Crippen molar-refractivity contribution in [2.24, 2.45) is 0 Å². The average molecular weight is 381 g/mol. The number of rotatable bonds is 8. The van der Waals surface area contributed by atoms with Gasteiger partial charge in [-0.15, -0.1) is 0 Å². The molecule has 1 atom stereocenters. The number of halogens is 2. The lowest BCUT2D eigenvalue weighted by atomic mass is 10.1. The van der Waals surface area contributed by atoms with Gasteiger partial charge in [0.2, 0.25) is 0 Å². The Kier molecular flexibility index (Phi) is 5.84. The third kappa shape index (κ3) is 5.36. The quantitative estimate of drug-likeness (QED) is 0.677. The highest BCUT2D eigenvalue weighted by Gasteiger charge is 2.28. The average Bonchev–Trinajstić information content (AvgIpc) is 3.39. The van der Waals surface area contributed by atoms with Crippen molar-refractivity contribution in [1.29, 1.82) is 0 Å². The van der Waals surface area contributed by atoms with Crippen LogP contribution in [0.2, 0.25) is 10.0 Å². The van der Waals surface area contributed by atoms with Crippen LogP contribution in [0, 0.1) is 0 Å². The van der Waals surface area contributed by atoms with E-state index in [1.165, 1.54) is 0 Å². The van der Waals surface area contributed by atoms with Gasteiger partial charge >= 0.3 is 5.97 Å². The van der Waals surface area contributed by atoms with Crippen molar-refractivity contribution in [3.63, 3.8) is 0 Å². The maximum absolute atomic E-state index is 11.0. The van der Waals surface area contributed by atoms with Gasteiger partial charge in [-0.3, -0.25) is 4.79 Å². The van der Waals surface area contributed by atoms with Crippen LogP contribution >= 0.6 is 23.2 Å². The zero-order valence-electron chi connectivity index (χ0n) is 13.5. The molecule has 0 aliphatic heterocycles. The van der Waals surface area contributed by atoms with Gasteiger partial charge in [-0.2, -0.15) is 0 Å². The fourth-order valence-electron chi connectivity index (χ4n) is 2.41. The minimum absolute atomic E-state index is 0.0417. The van der Waals surface area contributed by atoms with E-state index in [1.54, 1.807) is 12.1 Å². The molecule has 2 aromatic rings. The summed E-state index contributed by atoms with van der Waals surface area (Å²) in [7, 11) is 0. The van der Waals surface area contributed by atoms with Crippen molar-refractivity contribution in [2.75, 3.05) is 0 Å². The van der Waals surface area contributed by atoms with E-state index in [0.29, 0.717) is 22.4 Å². The van der Waals surface area contributed by atoms with E-state index in [9.17, 15) is 4.79 Å². The van der Waals surface area contributed by atoms with Crippen LogP contribution < -0.4 is 4.74 Å². The zero-order valence-corrected chi connectivity index (χ0v) is 15.0. The summed E-state index contributed by atoms with van der Waals surface area (Å²) >= 11 is 11.9. The molecule has 0 saturated heterocycles. The summed E-state index contributed by atoms with van der Waals surface area (Å²) in [6.45, 7) is 0.368. The molecule has 132 valence electrons. The van der Waals surface area contributed by atoms with Crippen molar-refractivity contribution in [3.8, 4) is 5.75 Å². The number of aliphatic carboxylic acids is 1. The van der Waals surface area contributed by atoms with Gasteiger partial charge in [0.25, 0.3) is 0 Å². The van der Waals surface area contributed by atoms with Crippen LogP contribution in [0.4, 0.5) is 0 Å². The number of carboxylic acid groups (broad SMARTS) is 1. The molecule has 0 aromatic heterocycles. The fourth-order valence-corrected chi connectivity index (χ4v) is 2.74. The number of benzene rings is 2. The van der Waals surface area contributed by atoms with Crippen molar-refractivity contribution in [3.05, 3.63) is 63.6 Å². The van der Waals surface area contributed by atoms with E-state index in [2.05, 4.69) is 0 Å². The van der Waals surface area contributed by atoms with Crippen molar-refractivity contribution in [2.45, 2.75) is 38.1 Å². The summed E-state index contributed by atoms with van der Waals surface area (Å²) in [6, 6.07) is 12.7. The van der Waals surface area contributed by atoms with Crippen molar-refractivity contribution >= 4 is 29.2 Å². The molecule has 1 fully saturated rings. The van der Waals surface area contributed by atoms with Crippen LogP contribution in [0.5, 0.6) is 5.75 Å². The smallest absolute Gasteiger partial charge is 0.306 e. The first-order chi connectivity index (χ1) is 12.0. The van der Waals surface area contributed by atoms with Gasteiger partial charge in [0.15, 0.2) is 0 Å². The molecule has 0 bridgehead atoms. The van der Waals surface area contributed by atoms with Gasteiger partial charge in [0.05, 0.1) is 28.7 Å². The number of carboxylic acids is 1. The molecule has 0 radical (unpaired) electrons. The standard InChI is InChI=1S/C19H18Cl2O4/c20-16-8-1-12(9-17(16)21)11-24-14-4-2-13(3-5-14)18(10-19(22)23)25-15-6-7-15/h1-5,8-9,15,18H,6-7,10-11H2,(H,22,23)/t18-/m0/s1. The largest absolute Gasteiger partial charge is 0.489 e. The maximum atomic E-state index is 11.0. The van der Waals surface area contributed by atoms with Gasteiger partial charge < -0.3 is 14.6 Å². The van der Waals surface area contributed by atoms with E-state index >= 15 is 0 Å². The van der Waals surface area contributed by atoms with Gasteiger partial charge in [-0.1, -0.05) is 41.4 Å². The third-order valence-corrected chi connectivity index (χ3v) is 4.62. The van der Waals surface area contributed by atoms with Crippen LogP contribution in [-0.2, 0) is 16.1 Å². The van der Waals surface area contributed by atoms with E-state index in [4.69, 9.17) is 37.8 Å². The molecular weight excluding hydrogens is 363 g/mol. The molecule has 1 saturated carbocycles. The van der Waals surface area contributed by atoms with E-state index < -0.39 is 12.1 Å². The first-order valence-corrected chi connectivity index (χ1v) is 8.81. The Morgan fingerprint density at radius 3 is 2.44 bits per heavy atom. The molecule has 6 heteroatoms. The van der Waals surface area contributed by atoms with Gasteiger partial charge in [0.1, 0.15) is 12.4 Å². The van der Waals surface area contributed by atoms with Crippen LogP contribution in [-0.4, -0.2) is 17.2 Å². The molecule has 1 aliphatic rings. The normalized spacial score (nSPS) is 15.0. The van der Waals surface area contributed by atoms with Gasteiger partial charge in [-0.05, 0) is 48.2 Å². The van der Waals surface area contributed by atoms with E-state index in [1.807, 2.05) is 30.3 Å². The molecular formula is C19H18Cl2O4. The number of hydrogen-bond acceptors (Lipinski definition) is 3. The summed E-state index contributed by atoms with van der Waals surface area (Å²) < 4.78 is 11.5. The Morgan fingerprint density at radius 1 is 1.12 bits per heavy atom. The predicted molar refractivity (Wildman–Crippen MR) is 96.3 cm³/mol. The molecule has 4 nitrogen and oxygen atoms in total. The van der Waals surface area contributed by atoms with Crippen molar-refractivity contribution in [1.82, 2.24) is 0 Å². The minimum atomic E-state index is -0.870. The van der Waals surface area contributed by atoms with E-state index in [-0.39, 0.29) is 12.5 Å². The van der Waals surface area contributed by atoms with Crippen LogP contribution in [0.15, 0.2) is 42.5 Å². The Labute approximate surface area is 156 Å². The second-order valence-corrected chi connectivity index (χ2v) is 6.84. The molecule has 1 N–H and O–H groups in total. The summed E-state index contributed by atoms with van der Waals surface area (Å²) in [5.41, 5.74) is 1.76. The second-order valence-electron chi connectivity index (χ2n) is 6.03. The molecule has 1 aliphatic carbocycles. The lowest BCUT2D eigenvalue weighted by molar-refractivity contribution is -0.140. The monoisotopic (exact) mass is 380 g/mol. The zero-order chi connectivity index (χ0) is 17.8. The maximum Gasteiger partial charge on any atom is 0.306 e. The molecule has 25 heavy (non-hydrogen) atoms. The topological polar surface area (TPSA) is 55.8 Å². The van der Waals surface area contributed by atoms with Gasteiger partial charge in [0, 0.05) is 0 Å². The predicted octanol–water partition coefficient (Wildman–Crippen LogP) is 5.27. The van der Waals surface area contributed by atoms with Crippen LogP contribution in [0.3, 0.4) is 0 Å². The molecule has 0 spiro atoms. The number of hydrogen-bond donors (Lipinski definition) is 1. The first kappa shape index (κ1) is 18.1. The van der Waals surface area contributed by atoms with E-state index in [0.717, 1.165) is 24.0 Å². The fraction of sp³-hybridized carbons (Fsp3) is 0.316. The SMILES string of the molecule is O=C(O)C[C@H](OC1CC1)c1ccc(OCc2ccc(Cl)c(Cl)c2)cc1. The summed E-state index contributed by atoms with van der Waals surface area (Å²) in [4.78, 5) is 11.0. The highest BCUT2D eigenvalue weighted by molar-refractivity contribution is 6.42. The molecule has 0 heterocycles. The number of ether oxygens (including phenoxy) is 2. The van der Waals surface area contributed by atoms with Gasteiger partial charge in [-0.25, -0.2) is 0 Å². The minimum Gasteiger partial charge on any atom is -0.489 e. The highest BCUT2D eigenvalue weighted by Crippen LogP contribution is 2.33. The lowest BCUT2D eigenvalue weighted by Crippen LogP contribution is -2.11. The molecule has 0 amide bonds. The lowest BCUT2D eigenvalue weighted by Gasteiger charge is -2.17. The first-order valence-electron chi connectivity index (χ1n) is 8.05. The Hall–Kier alpha value is -1.75.